The van der Waals surface area contributed by atoms with Crippen molar-refractivity contribution < 1.29 is 14.3 Å². The molecule has 0 unspecified atom stereocenters. The van der Waals surface area contributed by atoms with Crippen molar-refractivity contribution in [3.05, 3.63) is 0 Å². The van der Waals surface area contributed by atoms with E-state index in [-0.39, 0.29) is 5.91 Å². The molecule has 0 spiro atoms. The van der Waals surface area contributed by atoms with Gasteiger partial charge in [0.15, 0.2) is 0 Å². The molecule has 1 N–H and O–H groups in total. The van der Waals surface area contributed by atoms with Gasteiger partial charge in [0.25, 0.3) is 0 Å². The maximum atomic E-state index is 11.6. The average Bonchev–Trinajstić information content (AvgIpc) is 2.66. The van der Waals surface area contributed by atoms with Gasteiger partial charge in [-0.15, -0.1) is 0 Å². The second kappa shape index (κ2) is 5.89. The first-order valence-corrected chi connectivity index (χ1v) is 6.13. The van der Waals surface area contributed by atoms with Crippen LogP contribution in [0.1, 0.15) is 40.0 Å². The third-order valence-electron chi connectivity index (χ3n) is 2.47. The molecule has 0 aromatic heterocycles. The highest BCUT2D eigenvalue weighted by molar-refractivity contribution is 5.77. The van der Waals surface area contributed by atoms with E-state index >= 15 is 0 Å². The van der Waals surface area contributed by atoms with E-state index in [9.17, 15) is 9.59 Å². The lowest BCUT2D eigenvalue weighted by atomic mass is 10.2. The number of nitrogens with one attached hydrogen (secondary N) is 1. The molecular weight excluding hydrogens is 220 g/mol. The van der Waals surface area contributed by atoms with E-state index in [1.165, 1.54) is 0 Å². The van der Waals surface area contributed by atoms with Gasteiger partial charge in [-0.1, -0.05) is 0 Å². The van der Waals surface area contributed by atoms with E-state index in [1.807, 2.05) is 25.7 Å². The van der Waals surface area contributed by atoms with Crippen LogP contribution in [0.15, 0.2) is 0 Å². The molecule has 98 valence electrons. The molecule has 0 radical (unpaired) electrons. The summed E-state index contributed by atoms with van der Waals surface area (Å²) >= 11 is 0. The zero-order valence-electron chi connectivity index (χ0n) is 10.9. The largest absolute Gasteiger partial charge is 0.444 e. The number of alkyl carbamates (subject to hydrolysis) is 1. The molecule has 1 heterocycles. The Balaban J connectivity index is 2.14. The van der Waals surface area contributed by atoms with Crippen molar-refractivity contribution in [1.82, 2.24) is 10.2 Å². The van der Waals surface area contributed by atoms with Gasteiger partial charge < -0.3 is 15.0 Å². The van der Waals surface area contributed by atoms with Gasteiger partial charge in [0, 0.05) is 26.1 Å². The zero-order chi connectivity index (χ0) is 12.9. The lowest BCUT2D eigenvalue weighted by Crippen LogP contribution is -2.35. The van der Waals surface area contributed by atoms with E-state index in [2.05, 4.69) is 5.32 Å². The van der Waals surface area contributed by atoms with Crippen molar-refractivity contribution in [1.29, 1.82) is 0 Å². The second-order valence-electron chi connectivity index (χ2n) is 5.27. The van der Waals surface area contributed by atoms with Crippen LogP contribution in [0.3, 0.4) is 0 Å². The predicted molar refractivity (Wildman–Crippen MR) is 64.7 cm³/mol. The highest BCUT2D eigenvalue weighted by Gasteiger charge is 2.19. The number of rotatable bonds is 3. The minimum absolute atomic E-state index is 0.110. The van der Waals surface area contributed by atoms with Gasteiger partial charge in [0.05, 0.1) is 0 Å². The fourth-order valence-corrected chi connectivity index (χ4v) is 1.71. The smallest absolute Gasteiger partial charge is 0.407 e. The molecule has 0 saturated carbocycles. The quantitative estimate of drug-likeness (QED) is 0.816. The third kappa shape index (κ3) is 5.56. The molecule has 5 heteroatoms. The van der Waals surface area contributed by atoms with Crippen molar-refractivity contribution >= 4 is 12.0 Å². The Morgan fingerprint density at radius 1 is 1.24 bits per heavy atom. The summed E-state index contributed by atoms with van der Waals surface area (Å²) in [7, 11) is 0. The fourth-order valence-electron chi connectivity index (χ4n) is 1.71. The molecule has 17 heavy (non-hydrogen) atoms. The number of carbonyl (C=O) groups is 2. The van der Waals surface area contributed by atoms with Crippen molar-refractivity contribution in [3.63, 3.8) is 0 Å². The number of nitrogens with zero attached hydrogens (tertiary/aromatic N) is 1. The van der Waals surface area contributed by atoms with Crippen molar-refractivity contribution in [2.24, 2.45) is 0 Å². The number of carbonyl (C=O) groups excluding carboxylic acids is 2. The zero-order valence-corrected chi connectivity index (χ0v) is 10.9. The standard InChI is InChI=1S/C12H22N2O3/c1-12(2,3)17-11(16)13-7-6-10(15)14-8-4-5-9-14/h4-9H2,1-3H3,(H,13,16). The Kier molecular flexibility index (Phi) is 4.78. The van der Waals surface area contributed by atoms with Crippen LogP contribution in [0.2, 0.25) is 0 Å². The SMILES string of the molecule is CC(C)(C)OC(=O)NCCC(=O)N1CCCC1. The topological polar surface area (TPSA) is 58.6 Å². The molecule has 5 nitrogen and oxygen atoms in total. The van der Waals surface area contributed by atoms with Gasteiger partial charge in [0.2, 0.25) is 5.91 Å². The molecular formula is C12H22N2O3. The van der Waals surface area contributed by atoms with Crippen LogP contribution in [0.25, 0.3) is 0 Å². The normalized spacial score (nSPS) is 15.8. The predicted octanol–water partition coefficient (Wildman–Crippen LogP) is 1.52. The number of amides is 2. The van der Waals surface area contributed by atoms with Crippen molar-refractivity contribution in [2.75, 3.05) is 19.6 Å². The van der Waals surface area contributed by atoms with Gasteiger partial charge in [-0.05, 0) is 33.6 Å². The van der Waals surface area contributed by atoms with E-state index < -0.39 is 11.7 Å². The van der Waals surface area contributed by atoms with E-state index in [0.29, 0.717) is 13.0 Å². The summed E-state index contributed by atoms with van der Waals surface area (Å²) < 4.78 is 5.07. The highest BCUT2D eigenvalue weighted by Crippen LogP contribution is 2.09. The Bertz CT molecular complexity index is 278. The minimum Gasteiger partial charge on any atom is -0.444 e. The summed E-state index contributed by atoms with van der Waals surface area (Å²) in [6, 6.07) is 0. The van der Waals surface area contributed by atoms with Gasteiger partial charge in [-0.3, -0.25) is 4.79 Å². The summed E-state index contributed by atoms with van der Waals surface area (Å²) in [6.07, 6.45) is 2.06. The van der Waals surface area contributed by atoms with E-state index in [4.69, 9.17) is 4.74 Å². The van der Waals surface area contributed by atoms with Crippen molar-refractivity contribution in [2.45, 2.75) is 45.6 Å². The Labute approximate surface area is 102 Å². The first kappa shape index (κ1) is 13.8. The summed E-state index contributed by atoms with van der Waals surface area (Å²) in [5, 5.41) is 2.58. The number of hydrogen-bond donors (Lipinski definition) is 1. The summed E-state index contributed by atoms with van der Waals surface area (Å²) in [6.45, 7) is 7.46. The van der Waals surface area contributed by atoms with Crippen LogP contribution in [0.5, 0.6) is 0 Å². The Hall–Kier alpha value is -1.26. The lowest BCUT2D eigenvalue weighted by Gasteiger charge is -2.20. The lowest BCUT2D eigenvalue weighted by molar-refractivity contribution is -0.129. The van der Waals surface area contributed by atoms with Crippen LogP contribution in [0, 0.1) is 0 Å². The number of likely N-dealkylation sites (tertiary alicyclic amines) is 1. The van der Waals surface area contributed by atoms with Gasteiger partial charge in [0.1, 0.15) is 5.60 Å². The second-order valence-corrected chi connectivity index (χ2v) is 5.27. The van der Waals surface area contributed by atoms with Crippen molar-refractivity contribution in [3.8, 4) is 0 Å². The molecule has 0 atom stereocenters. The molecule has 1 aliphatic heterocycles. The number of hydrogen-bond acceptors (Lipinski definition) is 3. The molecule has 2 amide bonds. The van der Waals surface area contributed by atoms with Crippen LogP contribution < -0.4 is 5.32 Å². The molecule has 0 aliphatic carbocycles. The maximum Gasteiger partial charge on any atom is 0.407 e. The molecule has 0 aromatic carbocycles. The average molecular weight is 242 g/mol. The van der Waals surface area contributed by atoms with Crippen LogP contribution >= 0.6 is 0 Å². The summed E-state index contributed by atoms with van der Waals surface area (Å²) in [5.41, 5.74) is -0.497. The Morgan fingerprint density at radius 3 is 2.35 bits per heavy atom. The molecule has 0 bridgehead atoms. The molecule has 1 saturated heterocycles. The summed E-state index contributed by atoms with van der Waals surface area (Å²) in [5.74, 6) is 0.110. The van der Waals surface area contributed by atoms with E-state index in [0.717, 1.165) is 25.9 Å². The fraction of sp³-hybridized carbons (Fsp3) is 0.833. The molecule has 0 aromatic rings. The molecule has 1 fully saturated rings. The van der Waals surface area contributed by atoms with Crippen LogP contribution in [-0.2, 0) is 9.53 Å². The summed E-state index contributed by atoms with van der Waals surface area (Å²) in [4.78, 5) is 24.8. The van der Waals surface area contributed by atoms with Crippen LogP contribution in [-0.4, -0.2) is 42.1 Å². The first-order chi connectivity index (χ1) is 7.88. The van der Waals surface area contributed by atoms with Crippen LogP contribution in [0.4, 0.5) is 4.79 Å². The van der Waals surface area contributed by atoms with Gasteiger partial charge >= 0.3 is 6.09 Å². The minimum atomic E-state index is -0.497. The van der Waals surface area contributed by atoms with Gasteiger partial charge in [-0.25, -0.2) is 4.79 Å². The first-order valence-electron chi connectivity index (χ1n) is 6.13. The number of ether oxygens (including phenoxy) is 1. The van der Waals surface area contributed by atoms with E-state index in [1.54, 1.807) is 0 Å². The molecule has 1 rings (SSSR count). The monoisotopic (exact) mass is 242 g/mol. The Morgan fingerprint density at radius 2 is 1.82 bits per heavy atom. The highest BCUT2D eigenvalue weighted by atomic mass is 16.6. The molecule has 1 aliphatic rings. The van der Waals surface area contributed by atoms with Gasteiger partial charge in [-0.2, -0.15) is 0 Å². The third-order valence-corrected chi connectivity index (χ3v) is 2.47. The maximum absolute atomic E-state index is 11.6.